The van der Waals surface area contributed by atoms with Crippen LogP contribution in [0.4, 0.5) is 0 Å². The first-order chi connectivity index (χ1) is 6.63. The molecule has 0 radical (unpaired) electrons. The summed E-state index contributed by atoms with van der Waals surface area (Å²) in [6, 6.07) is 7.01. The highest BCUT2D eigenvalue weighted by atomic mass is 16.5. The molecule has 0 heterocycles. The minimum absolute atomic E-state index is 0.493. The van der Waals surface area contributed by atoms with Gasteiger partial charge >= 0.3 is 0 Å². The van der Waals surface area contributed by atoms with Crippen molar-refractivity contribution in [1.29, 1.82) is 0 Å². The van der Waals surface area contributed by atoms with Gasteiger partial charge in [0.05, 0.1) is 7.11 Å². The maximum absolute atomic E-state index is 10.7. The van der Waals surface area contributed by atoms with E-state index in [1.807, 2.05) is 0 Å². The molecule has 0 unspecified atom stereocenters. The molecule has 1 atom stereocenters. The van der Waals surface area contributed by atoms with Gasteiger partial charge in [-0.15, -0.1) is 0 Å². The van der Waals surface area contributed by atoms with Crippen LogP contribution < -0.4 is 15.2 Å². The molecule has 4 heteroatoms. The standard InChI is InChI=1S/C10H13NO3/c1-7(10(11)12)14-9-5-3-4-8(6-9)13-2/h3-7H,1-2H3,(H2,11,12)/t7-/m1/s1. The lowest BCUT2D eigenvalue weighted by Gasteiger charge is -2.11. The van der Waals surface area contributed by atoms with E-state index < -0.39 is 12.0 Å². The van der Waals surface area contributed by atoms with Crippen molar-refractivity contribution in [3.8, 4) is 11.5 Å². The highest BCUT2D eigenvalue weighted by molar-refractivity contribution is 5.78. The molecular weight excluding hydrogens is 182 g/mol. The van der Waals surface area contributed by atoms with Crippen LogP contribution in [0.1, 0.15) is 6.92 Å². The van der Waals surface area contributed by atoms with E-state index in [-0.39, 0.29) is 0 Å². The molecule has 76 valence electrons. The Hall–Kier alpha value is -1.71. The normalized spacial score (nSPS) is 11.9. The lowest BCUT2D eigenvalue weighted by atomic mass is 10.3. The maximum Gasteiger partial charge on any atom is 0.258 e. The van der Waals surface area contributed by atoms with Crippen LogP contribution in [0.5, 0.6) is 11.5 Å². The van der Waals surface area contributed by atoms with Gasteiger partial charge in [-0.05, 0) is 19.1 Å². The van der Waals surface area contributed by atoms with Crippen LogP contribution in [0.15, 0.2) is 24.3 Å². The molecule has 0 aliphatic heterocycles. The summed E-state index contributed by atoms with van der Waals surface area (Å²) in [5.74, 6) is 0.752. The smallest absolute Gasteiger partial charge is 0.258 e. The summed E-state index contributed by atoms with van der Waals surface area (Å²) in [7, 11) is 1.57. The quantitative estimate of drug-likeness (QED) is 0.778. The number of amides is 1. The van der Waals surface area contributed by atoms with E-state index in [2.05, 4.69) is 0 Å². The number of carbonyl (C=O) groups is 1. The van der Waals surface area contributed by atoms with Crippen molar-refractivity contribution >= 4 is 5.91 Å². The van der Waals surface area contributed by atoms with Crippen molar-refractivity contribution in [2.45, 2.75) is 13.0 Å². The third-order valence-corrected chi connectivity index (χ3v) is 1.75. The van der Waals surface area contributed by atoms with E-state index in [1.165, 1.54) is 0 Å². The SMILES string of the molecule is COc1cccc(O[C@H](C)C(N)=O)c1. The first-order valence-corrected chi connectivity index (χ1v) is 4.23. The summed E-state index contributed by atoms with van der Waals surface area (Å²) in [5.41, 5.74) is 5.06. The molecule has 0 aliphatic rings. The molecule has 0 saturated heterocycles. The fraction of sp³-hybridized carbons (Fsp3) is 0.300. The van der Waals surface area contributed by atoms with Crippen LogP contribution in [0.3, 0.4) is 0 Å². The Morgan fingerprint density at radius 2 is 2.07 bits per heavy atom. The molecular formula is C10H13NO3. The Morgan fingerprint density at radius 1 is 1.43 bits per heavy atom. The first kappa shape index (κ1) is 10.4. The van der Waals surface area contributed by atoms with Crippen molar-refractivity contribution in [2.75, 3.05) is 7.11 Å². The molecule has 0 bridgehead atoms. The zero-order valence-corrected chi connectivity index (χ0v) is 8.19. The van der Waals surface area contributed by atoms with E-state index in [1.54, 1.807) is 38.3 Å². The molecule has 0 saturated carbocycles. The van der Waals surface area contributed by atoms with E-state index in [0.717, 1.165) is 0 Å². The van der Waals surface area contributed by atoms with Gasteiger partial charge in [-0.3, -0.25) is 4.79 Å². The average molecular weight is 195 g/mol. The van der Waals surface area contributed by atoms with Crippen LogP contribution in [0, 0.1) is 0 Å². The van der Waals surface area contributed by atoms with E-state index in [4.69, 9.17) is 15.2 Å². The van der Waals surface area contributed by atoms with Gasteiger partial charge in [0, 0.05) is 6.07 Å². The number of carbonyl (C=O) groups excluding carboxylic acids is 1. The van der Waals surface area contributed by atoms with Gasteiger partial charge < -0.3 is 15.2 Å². The number of rotatable bonds is 4. The first-order valence-electron chi connectivity index (χ1n) is 4.23. The van der Waals surface area contributed by atoms with Crippen molar-refractivity contribution < 1.29 is 14.3 Å². The number of methoxy groups -OCH3 is 1. The summed E-state index contributed by atoms with van der Waals surface area (Å²) < 4.78 is 10.3. The largest absolute Gasteiger partial charge is 0.497 e. The Kier molecular flexibility index (Phi) is 3.34. The zero-order chi connectivity index (χ0) is 10.6. The lowest BCUT2D eigenvalue weighted by Crippen LogP contribution is -2.30. The summed E-state index contributed by atoms with van der Waals surface area (Å²) >= 11 is 0. The minimum Gasteiger partial charge on any atom is -0.497 e. The van der Waals surface area contributed by atoms with E-state index >= 15 is 0 Å². The van der Waals surface area contributed by atoms with Crippen LogP contribution in [0.2, 0.25) is 0 Å². The Bertz CT molecular complexity index is 325. The van der Waals surface area contributed by atoms with Gasteiger partial charge in [0.25, 0.3) is 5.91 Å². The highest BCUT2D eigenvalue weighted by Gasteiger charge is 2.09. The van der Waals surface area contributed by atoms with Crippen LogP contribution >= 0.6 is 0 Å². The summed E-state index contributed by atoms with van der Waals surface area (Å²) in [6.45, 7) is 1.60. The van der Waals surface area contributed by atoms with Crippen molar-refractivity contribution in [1.82, 2.24) is 0 Å². The number of benzene rings is 1. The van der Waals surface area contributed by atoms with E-state index in [9.17, 15) is 4.79 Å². The van der Waals surface area contributed by atoms with Gasteiger partial charge in [0.1, 0.15) is 11.5 Å². The molecule has 0 aromatic heterocycles. The summed E-state index contributed by atoms with van der Waals surface area (Å²) in [6.07, 6.45) is -0.637. The predicted molar refractivity (Wildman–Crippen MR) is 52.3 cm³/mol. The Morgan fingerprint density at radius 3 is 2.64 bits per heavy atom. The zero-order valence-electron chi connectivity index (χ0n) is 8.19. The van der Waals surface area contributed by atoms with Crippen LogP contribution in [-0.2, 0) is 4.79 Å². The van der Waals surface area contributed by atoms with Crippen LogP contribution in [0.25, 0.3) is 0 Å². The van der Waals surface area contributed by atoms with Gasteiger partial charge in [0.15, 0.2) is 6.10 Å². The number of hydrogen-bond acceptors (Lipinski definition) is 3. The molecule has 0 fully saturated rings. The Labute approximate surface area is 82.6 Å². The second kappa shape index (κ2) is 4.50. The lowest BCUT2D eigenvalue weighted by molar-refractivity contribution is -0.123. The van der Waals surface area contributed by atoms with Crippen molar-refractivity contribution in [2.24, 2.45) is 5.73 Å². The van der Waals surface area contributed by atoms with Gasteiger partial charge in [-0.25, -0.2) is 0 Å². The molecule has 1 aromatic rings. The minimum atomic E-state index is -0.637. The molecule has 2 N–H and O–H groups in total. The third-order valence-electron chi connectivity index (χ3n) is 1.75. The third kappa shape index (κ3) is 2.65. The molecule has 0 spiro atoms. The fourth-order valence-electron chi connectivity index (χ4n) is 0.937. The molecule has 1 rings (SSSR count). The van der Waals surface area contributed by atoms with Crippen LogP contribution in [-0.4, -0.2) is 19.1 Å². The Balaban J connectivity index is 2.71. The molecule has 0 aliphatic carbocycles. The summed E-state index contributed by atoms with van der Waals surface area (Å²) in [5, 5.41) is 0. The average Bonchev–Trinajstić information content (AvgIpc) is 2.18. The monoisotopic (exact) mass is 195 g/mol. The number of nitrogens with two attached hydrogens (primary N) is 1. The van der Waals surface area contributed by atoms with E-state index in [0.29, 0.717) is 11.5 Å². The number of hydrogen-bond donors (Lipinski definition) is 1. The van der Waals surface area contributed by atoms with Gasteiger partial charge in [-0.1, -0.05) is 6.07 Å². The van der Waals surface area contributed by atoms with Crippen molar-refractivity contribution in [3.05, 3.63) is 24.3 Å². The molecule has 4 nitrogen and oxygen atoms in total. The van der Waals surface area contributed by atoms with Gasteiger partial charge in [-0.2, -0.15) is 0 Å². The topological polar surface area (TPSA) is 61.6 Å². The van der Waals surface area contributed by atoms with Crippen molar-refractivity contribution in [3.63, 3.8) is 0 Å². The second-order valence-corrected chi connectivity index (χ2v) is 2.84. The fourth-order valence-corrected chi connectivity index (χ4v) is 0.937. The predicted octanol–water partition coefficient (Wildman–Crippen LogP) is 0.948. The highest BCUT2D eigenvalue weighted by Crippen LogP contribution is 2.19. The summed E-state index contributed by atoms with van der Waals surface area (Å²) in [4.78, 5) is 10.7. The van der Waals surface area contributed by atoms with Gasteiger partial charge in [0.2, 0.25) is 0 Å². The number of primary amides is 1. The molecule has 1 amide bonds. The second-order valence-electron chi connectivity index (χ2n) is 2.84. The number of ether oxygens (including phenoxy) is 2. The maximum atomic E-state index is 10.7. The molecule has 1 aromatic carbocycles. The molecule has 14 heavy (non-hydrogen) atoms.